The fourth-order valence-corrected chi connectivity index (χ4v) is 1.76. The Balaban J connectivity index is 2.48. The minimum Gasteiger partial charge on any atom is -0.390 e. The molecule has 0 radical (unpaired) electrons. The van der Waals surface area contributed by atoms with Crippen LogP contribution in [0.5, 0.6) is 0 Å². The first-order chi connectivity index (χ1) is 8.63. The molecule has 2 aromatic rings. The number of aromatic nitrogens is 5. The first kappa shape index (κ1) is 12.8. The van der Waals surface area contributed by atoms with E-state index in [1.165, 1.54) is 0 Å². The molecule has 0 saturated carbocycles. The lowest BCUT2D eigenvalue weighted by molar-refractivity contribution is 0.162. The Hall–Kier alpha value is -1.64. The monoisotopic (exact) mass is 266 g/mol. The molecule has 0 aromatic carbocycles. The second kappa shape index (κ2) is 5.34. The summed E-state index contributed by atoms with van der Waals surface area (Å²) in [5.41, 5.74) is 6.02. The lowest BCUT2D eigenvalue weighted by Crippen LogP contribution is -2.25. The highest BCUT2D eigenvalue weighted by atomic mass is 32.1. The van der Waals surface area contributed by atoms with Gasteiger partial charge in [0, 0.05) is 26.0 Å². The summed E-state index contributed by atoms with van der Waals surface area (Å²) in [5, 5.41) is 13.9. The summed E-state index contributed by atoms with van der Waals surface area (Å²) in [6, 6.07) is 0. The summed E-state index contributed by atoms with van der Waals surface area (Å²) in [7, 11) is 1.74. The van der Waals surface area contributed by atoms with Crippen molar-refractivity contribution in [2.45, 2.75) is 12.6 Å². The summed E-state index contributed by atoms with van der Waals surface area (Å²) in [5.74, 6) is 0.572. The standard InChI is InChI=1S/C10H14N6OS/c1-15-10(18)16(6-7(17)4-11)9(14-15)8-5-12-2-3-13-8/h2-3,5,7,17H,4,6,11H2,1H3. The molecule has 0 spiro atoms. The number of aliphatic hydroxyl groups excluding tert-OH is 1. The molecule has 0 aliphatic heterocycles. The van der Waals surface area contributed by atoms with Gasteiger partial charge in [-0.05, 0) is 12.2 Å². The average molecular weight is 266 g/mol. The minimum absolute atomic E-state index is 0.163. The Bertz CT molecular complexity index is 578. The van der Waals surface area contributed by atoms with E-state index in [4.69, 9.17) is 18.0 Å². The Morgan fingerprint density at radius 2 is 2.28 bits per heavy atom. The molecule has 1 unspecified atom stereocenters. The summed E-state index contributed by atoms with van der Waals surface area (Å²) < 4.78 is 3.77. The molecule has 8 heteroatoms. The third-order valence-electron chi connectivity index (χ3n) is 2.47. The highest BCUT2D eigenvalue weighted by Gasteiger charge is 2.14. The maximum atomic E-state index is 9.65. The molecule has 7 nitrogen and oxygen atoms in total. The van der Waals surface area contributed by atoms with Crippen LogP contribution < -0.4 is 5.73 Å². The van der Waals surface area contributed by atoms with Gasteiger partial charge in [0.05, 0.1) is 18.8 Å². The average Bonchev–Trinajstić information content (AvgIpc) is 2.68. The van der Waals surface area contributed by atoms with Crippen LogP contribution in [0.25, 0.3) is 11.5 Å². The number of rotatable bonds is 4. The molecular formula is C10H14N6OS. The predicted molar refractivity (Wildman–Crippen MR) is 68.1 cm³/mol. The number of aryl methyl sites for hydroxylation is 1. The van der Waals surface area contributed by atoms with Crippen LogP contribution >= 0.6 is 12.2 Å². The SMILES string of the molecule is Cn1nc(-c2cnccn2)n(CC(O)CN)c1=S. The molecule has 0 saturated heterocycles. The molecule has 3 N–H and O–H groups in total. The molecule has 2 heterocycles. The van der Waals surface area contributed by atoms with Crippen molar-refractivity contribution in [3.63, 3.8) is 0 Å². The van der Waals surface area contributed by atoms with Crippen LogP contribution in [0.4, 0.5) is 0 Å². The fraction of sp³-hybridized carbons (Fsp3) is 0.400. The Morgan fingerprint density at radius 1 is 1.50 bits per heavy atom. The topological polar surface area (TPSA) is 94.8 Å². The van der Waals surface area contributed by atoms with Crippen molar-refractivity contribution in [2.75, 3.05) is 6.54 Å². The van der Waals surface area contributed by atoms with Gasteiger partial charge in [0.15, 0.2) is 10.6 Å². The van der Waals surface area contributed by atoms with Gasteiger partial charge in [-0.2, -0.15) is 5.10 Å². The zero-order chi connectivity index (χ0) is 13.1. The maximum Gasteiger partial charge on any atom is 0.197 e. The van der Waals surface area contributed by atoms with E-state index in [1.807, 2.05) is 0 Å². The smallest absolute Gasteiger partial charge is 0.197 e. The van der Waals surface area contributed by atoms with Crippen molar-refractivity contribution in [1.82, 2.24) is 24.3 Å². The predicted octanol–water partition coefficient (Wildman–Crippen LogP) is -0.272. The van der Waals surface area contributed by atoms with Crippen LogP contribution in [0.2, 0.25) is 0 Å². The summed E-state index contributed by atoms with van der Waals surface area (Å²) in [6.07, 6.45) is 4.09. The Labute approximate surface area is 109 Å². The third-order valence-corrected chi connectivity index (χ3v) is 2.95. The molecule has 0 aliphatic carbocycles. The molecule has 2 rings (SSSR count). The second-order valence-electron chi connectivity index (χ2n) is 3.82. The van der Waals surface area contributed by atoms with Crippen LogP contribution in [0, 0.1) is 4.77 Å². The van der Waals surface area contributed by atoms with E-state index >= 15 is 0 Å². The molecule has 1 atom stereocenters. The van der Waals surface area contributed by atoms with Gasteiger partial charge in [-0.15, -0.1) is 0 Å². The maximum absolute atomic E-state index is 9.65. The Morgan fingerprint density at radius 3 is 2.89 bits per heavy atom. The largest absolute Gasteiger partial charge is 0.390 e. The molecule has 0 amide bonds. The van der Waals surface area contributed by atoms with Gasteiger partial charge in [-0.1, -0.05) is 0 Å². The highest BCUT2D eigenvalue weighted by Crippen LogP contribution is 2.14. The third kappa shape index (κ3) is 2.45. The number of nitrogens with zero attached hydrogens (tertiary/aromatic N) is 5. The molecule has 96 valence electrons. The van der Waals surface area contributed by atoms with E-state index < -0.39 is 6.10 Å². The lowest BCUT2D eigenvalue weighted by atomic mass is 10.3. The molecule has 18 heavy (non-hydrogen) atoms. The number of nitrogens with two attached hydrogens (primary N) is 1. The normalized spacial score (nSPS) is 12.6. The van der Waals surface area contributed by atoms with Crippen molar-refractivity contribution in [3.8, 4) is 11.5 Å². The van der Waals surface area contributed by atoms with Crippen molar-refractivity contribution in [1.29, 1.82) is 0 Å². The van der Waals surface area contributed by atoms with Crippen LogP contribution in [0.1, 0.15) is 0 Å². The van der Waals surface area contributed by atoms with Crippen LogP contribution in [-0.4, -0.2) is 42.1 Å². The zero-order valence-corrected chi connectivity index (χ0v) is 10.7. The van der Waals surface area contributed by atoms with Crippen LogP contribution in [0.3, 0.4) is 0 Å². The van der Waals surface area contributed by atoms with Gasteiger partial charge in [0.2, 0.25) is 0 Å². The van der Waals surface area contributed by atoms with Gasteiger partial charge in [0.1, 0.15) is 5.69 Å². The fourth-order valence-electron chi connectivity index (χ4n) is 1.56. The van der Waals surface area contributed by atoms with Crippen molar-refractivity contribution < 1.29 is 5.11 Å². The van der Waals surface area contributed by atoms with E-state index in [9.17, 15) is 5.11 Å². The molecule has 0 fully saturated rings. The van der Waals surface area contributed by atoms with Gasteiger partial charge in [-0.3, -0.25) is 9.55 Å². The van der Waals surface area contributed by atoms with E-state index in [-0.39, 0.29) is 13.1 Å². The first-order valence-electron chi connectivity index (χ1n) is 5.42. The van der Waals surface area contributed by atoms with E-state index in [0.29, 0.717) is 16.3 Å². The van der Waals surface area contributed by atoms with Gasteiger partial charge < -0.3 is 10.8 Å². The summed E-state index contributed by atoms with van der Waals surface area (Å²) in [4.78, 5) is 8.17. The molecular weight excluding hydrogens is 252 g/mol. The van der Waals surface area contributed by atoms with Gasteiger partial charge in [-0.25, -0.2) is 9.67 Å². The minimum atomic E-state index is -0.670. The number of hydrogen-bond donors (Lipinski definition) is 2. The zero-order valence-electron chi connectivity index (χ0n) is 9.89. The highest BCUT2D eigenvalue weighted by molar-refractivity contribution is 7.71. The molecule has 2 aromatic heterocycles. The van der Waals surface area contributed by atoms with Crippen molar-refractivity contribution in [2.24, 2.45) is 12.8 Å². The second-order valence-corrected chi connectivity index (χ2v) is 4.19. The van der Waals surface area contributed by atoms with Crippen molar-refractivity contribution >= 4 is 12.2 Å². The Kier molecular flexibility index (Phi) is 3.80. The molecule has 0 bridgehead atoms. The first-order valence-corrected chi connectivity index (χ1v) is 5.82. The van der Waals surface area contributed by atoms with Gasteiger partial charge >= 0.3 is 0 Å². The van der Waals surface area contributed by atoms with Crippen LogP contribution in [0.15, 0.2) is 18.6 Å². The van der Waals surface area contributed by atoms with Crippen molar-refractivity contribution in [3.05, 3.63) is 23.4 Å². The quantitative estimate of drug-likeness (QED) is 0.740. The summed E-state index contributed by atoms with van der Waals surface area (Å²) >= 11 is 5.24. The van der Waals surface area contributed by atoms with Crippen LogP contribution in [-0.2, 0) is 13.6 Å². The lowest BCUT2D eigenvalue weighted by Gasteiger charge is -2.10. The van der Waals surface area contributed by atoms with E-state index in [1.54, 1.807) is 34.9 Å². The molecule has 0 aliphatic rings. The van der Waals surface area contributed by atoms with E-state index in [2.05, 4.69) is 15.1 Å². The summed E-state index contributed by atoms with van der Waals surface area (Å²) in [6.45, 7) is 0.450. The van der Waals surface area contributed by atoms with Gasteiger partial charge in [0.25, 0.3) is 0 Å². The number of hydrogen-bond acceptors (Lipinski definition) is 6. The van der Waals surface area contributed by atoms with E-state index in [0.717, 1.165) is 0 Å². The number of aliphatic hydroxyl groups is 1.